The number of nitrogens with one attached hydrogen (secondary N) is 3. The Morgan fingerprint density at radius 3 is 1.88 bits per heavy atom. The van der Waals surface area contributed by atoms with Crippen molar-refractivity contribution in [2.24, 2.45) is 32.9 Å². The van der Waals surface area contributed by atoms with Crippen LogP contribution in [0.25, 0.3) is 10.8 Å². The largest absolute Gasteiger partial charge is 0.480 e. The van der Waals surface area contributed by atoms with Gasteiger partial charge in [-0.3, -0.25) is 29.2 Å². The number of carboxylic acid groups (broad SMARTS) is 1. The fourth-order valence-corrected chi connectivity index (χ4v) is 4.47. The number of aliphatic carboxylic acids is 1. The average Bonchev–Trinajstić information content (AvgIpc) is 3.03. The van der Waals surface area contributed by atoms with Gasteiger partial charge in [-0.2, -0.15) is 0 Å². The Labute approximate surface area is 288 Å². The van der Waals surface area contributed by atoms with Crippen LogP contribution < -0.4 is 38.9 Å². The highest BCUT2D eigenvalue weighted by molar-refractivity contribution is 6.44. The zero-order valence-electron chi connectivity index (χ0n) is 25.8. The maximum atomic E-state index is 13.3. The smallest absolute Gasteiger partial charge is 0.326 e. The summed E-state index contributed by atoms with van der Waals surface area (Å²) in [5, 5.41) is 18.9. The second-order valence-electron chi connectivity index (χ2n) is 10.2. The number of benzene rings is 3. The van der Waals surface area contributed by atoms with E-state index in [-0.39, 0.29) is 86.8 Å². The summed E-state index contributed by atoms with van der Waals surface area (Å²) < 4.78 is 0. The summed E-state index contributed by atoms with van der Waals surface area (Å²) in [4.78, 5) is 72.2. The van der Waals surface area contributed by atoms with Gasteiger partial charge >= 0.3 is 5.97 Å². The molecular formula is C31H39Cl2N9O6. The minimum atomic E-state index is -1.32. The van der Waals surface area contributed by atoms with Crippen LogP contribution in [0.3, 0.4) is 0 Å². The Morgan fingerprint density at radius 1 is 0.708 bits per heavy atom. The van der Waals surface area contributed by atoms with Gasteiger partial charge in [0, 0.05) is 18.7 Å². The van der Waals surface area contributed by atoms with Gasteiger partial charge in [0.15, 0.2) is 11.9 Å². The molecule has 15 nitrogen and oxygen atoms in total. The highest BCUT2D eigenvalue weighted by Gasteiger charge is 2.29. The van der Waals surface area contributed by atoms with Gasteiger partial charge in [-0.1, -0.05) is 42.5 Å². The third kappa shape index (κ3) is 12.4. The molecule has 0 aliphatic rings. The van der Waals surface area contributed by atoms with Crippen molar-refractivity contribution in [3.05, 3.63) is 77.9 Å². The van der Waals surface area contributed by atoms with Crippen LogP contribution in [0.4, 0.5) is 5.69 Å². The summed E-state index contributed by atoms with van der Waals surface area (Å²) in [6.45, 7) is 0.256. The lowest BCUT2D eigenvalue weighted by Gasteiger charge is -2.21. The highest BCUT2D eigenvalue weighted by atomic mass is 35.5. The highest BCUT2D eigenvalue weighted by Crippen LogP contribution is 2.20. The van der Waals surface area contributed by atoms with Crippen LogP contribution in [0.15, 0.2) is 76.7 Å². The molecule has 0 saturated carbocycles. The zero-order chi connectivity index (χ0) is 33.6. The van der Waals surface area contributed by atoms with Gasteiger partial charge in [0.1, 0.15) is 12.1 Å². The summed E-state index contributed by atoms with van der Waals surface area (Å²) in [6.07, 6.45) is 0.431. The van der Waals surface area contributed by atoms with E-state index in [0.717, 1.165) is 10.8 Å². The summed E-state index contributed by atoms with van der Waals surface area (Å²) in [7, 11) is 0. The number of nitrogens with zero attached hydrogens (tertiary/aromatic N) is 2. The summed E-state index contributed by atoms with van der Waals surface area (Å²) in [5.41, 5.74) is 21.6. The van der Waals surface area contributed by atoms with E-state index in [0.29, 0.717) is 5.56 Å². The number of hydrogen-bond acceptors (Lipinski definition) is 7. The molecule has 3 aromatic rings. The molecule has 48 heavy (non-hydrogen) atoms. The number of aliphatic imine (C=N–C) groups is 2. The zero-order valence-corrected chi connectivity index (χ0v) is 27.4. The normalized spacial score (nSPS) is 11.3. The molecule has 0 fully saturated rings. The molecule has 0 bridgehead atoms. The van der Waals surface area contributed by atoms with Crippen molar-refractivity contribution in [1.29, 1.82) is 0 Å². The molecule has 258 valence electrons. The number of carboxylic acids is 1. The van der Waals surface area contributed by atoms with Crippen molar-refractivity contribution in [2.45, 2.75) is 37.8 Å². The van der Waals surface area contributed by atoms with Crippen LogP contribution in [0, 0.1) is 0 Å². The number of fused-ring (bicyclic) bond motifs is 1. The number of nitrogens with two attached hydrogens (primary N) is 4. The molecule has 0 aliphatic heterocycles. The lowest BCUT2D eigenvalue weighted by atomic mass is 10.0. The van der Waals surface area contributed by atoms with E-state index in [4.69, 9.17) is 22.9 Å². The predicted molar refractivity (Wildman–Crippen MR) is 188 cm³/mol. The minimum Gasteiger partial charge on any atom is -0.480 e. The molecule has 0 spiro atoms. The van der Waals surface area contributed by atoms with Gasteiger partial charge < -0.3 is 44.0 Å². The molecule has 3 rings (SSSR count). The first-order chi connectivity index (χ1) is 22.0. The van der Waals surface area contributed by atoms with Crippen LogP contribution in [0.5, 0.6) is 0 Å². The molecule has 0 radical (unpaired) electrons. The summed E-state index contributed by atoms with van der Waals surface area (Å²) >= 11 is 0. The molecule has 2 unspecified atom stereocenters. The first-order valence-corrected chi connectivity index (χ1v) is 14.3. The number of rotatable bonds is 16. The second-order valence-corrected chi connectivity index (χ2v) is 10.2. The van der Waals surface area contributed by atoms with Crippen LogP contribution >= 0.6 is 24.8 Å². The quantitative estimate of drug-likeness (QED) is 0.0348. The van der Waals surface area contributed by atoms with E-state index in [9.17, 15) is 29.1 Å². The van der Waals surface area contributed by atoms with E-state index in [1.165, 1.54) is 18.2 Å². The van der Waals surface area contributed by atoms with Crippen molar-refractivity contribution < 1.29 is 29.1 Å². The van der Waals surface area contributed by atoms with E-state index >= 15 is 0 Å². The Morgan fingerprint density at radius 2 is 1.27 bits per heavy atom. The van der Waals surface area contributed by atoms with Gasteiger partial charge in [0.25, 0.3) is 17.6 Å². The summed E-state index contributed by atoms with van der Waals surface area (Å²) in [6, 6.07) is 16.0. The van der Waals surface area contributed by atoms with Crippen molar-refractivity contribution >= 4 is 82.7 Å². The number of carbonyl (C=O) groups excluding carboxylic acids is 4. The fraction of sp³-hybridized carbons (Fsp3) is 0.258. The van der Waals surface area contributed by atoms with Gasteiger partial charge in [-0.15, -0.1) is 24.8 Å². The van der Waals surface area contributed by atoms with Crippen LogP contribution in [0.1, 0.15) is 46.4 Å². The Hall–Kier alpha value is -5.41. The predicted octanol–water partition coefficient (Wildman–Crippen LogP) is 1.28. The number of ketones is 1. The number of para-hydroxylation sites is 1. The maximum absolute atomic E-state index is 13.3. The molecule has 17 heteroatoms. The summed E-state index contributed by atoms with van der Waals surface area (Å²) in [5.74, 6) is -5.14. The lowest BCUT2D eigenvalue weighted by molar-refractivity contribution is -0.142. The Bertz CT molecular complexity index is 1660. The third-order valence-electron chi connectivity index (χ3n) is 6.76. The topological polar surface area (TPSA) is 270 Å². The molecule has 0 aromatic heterocycles. The number of carbonyl (C=O) groups is 5. The fourth-order valence-electron chi connectivity index (χ4n) is 4.47. The number of hydrogen-bond donors (Lipinski definition) is 8. The van der Waals surface area contributed by atoms with E-state index in [1.54, 1.807) is 24.3 Å². The molecular weight excluding hydrogens is 665 g/mol. The molecule has 2 atom stereocenters. The van der Waals surface area contributed by atoms with Gasteiger partial charge in [-0.05, 0) is 60.7 Å². The van der Waals surface area contributed by atoms with Crippen LogP contribution in [-0.2, 0) is 14.4 Å². The van der Waals surface area contributed by atoms with E-state index in [2.05, 4.69) is 25.9 Å². The molecule has 0 heterocycles. The number of halogens is 2. The van der Waals surface area contributed by atoms with Gasteiger partial charge in [0.2, 0.25) is 5.91 Å². The van der Waals surface area contributed by atoms with Crippen molar-refractivity contribution in [1.82, 2.24) is 10.6 Å². The van der Waals surface area contributed by atoms with E-state index < -0.39 is 41.6 Å². The second kappa shape index (κ2) is 20.0. The Kier molecular flexibility index (Phi) is 16.9. The number of amides is 3. The number of Topliss-reactive ketones (excluding diaryl/α,β-unsaturated/α-hetero) is 1. The van der Waals surface area contributed by atoms with Crippen molar-refractivity contribution in [3.8, 4) is 0 Å². The lowest BCUT2D eigenvalue weighted by Crippen LogP contribution is -2.52. The minimum absolute atomic E-state index is 0. The monoisotopic (exact) mass is 703 g/mol. The molecule has 3 amide bonds. The first kappa shape index (κ1) is 40.6. The maximum Gasteiger partial charge on any atom is 0.326 e. The number of guanidine groups is 2. The Balaban J connectivity index is 0.00000576. The average molecular weight is 705 g/mol. The SMILES string of the molecule is Cl.Cl.NC(N)=NCCCC(NC(=O)C(CCCN=C(N)N)NC(=O)C(=O)c1ccccc1NC(=O)c1ccc2ccccc2c1)C(=O)O. The van der Waals surface area contributed by atoms with Gasteiger partial charge in [0.05, 0.1) is 11.3 Å². The molecule has 3 aromatic carbocycles. The standard InChI is InChI=1S/C31H37N9O6.2ClH/c32-30(33)36-15-5-11-23(27(43)40-24(29(45)46)12-6-16-37-31(34)35)39-28(44)25(41)21-9-3-4-10-22(21)38-26(42)20-14-13-18-7-1-2-8-19(18)17-20;;/h1-4,7-10,13-14,17,23-24H,5-6,11-12,15-16H2,(H,38,42)(H,39,44)(H,40,43)(H,45,46)(H4,32,33,36)(H4,34,35,37);2*1H. The van der Waals surface area contributed by atoms with E-state index in [1.807, 2.05) is 24.3 Å². The van der Waals surface area contributed by atoms with Crippen molar-refractivity contribution in [3.63, 3.8) is 0 Å². The first-order valence-electron chi connectivity index (χ1n) is 14.3. The molecule has 0 aliphatic carbocycles. The third-order valence-corrected chi connectivity index (χ3v) is 6.76. The van der Waals surface area contributed by atoms with Crippen molar-refractivity contribution in [2.75, 3.05) is 18.4 Å². The molecule has 0 saturated heterocycles. The van der Waals surface area contributed by atoms with Gasteiger partial charge in [-0.25, -0.2) is 4.79 Å². The van der Waals surface area contributed by atoms with Crippen LogP contribution in [0.2, 0.25) is 0 Å². The molecule has 12 N–H and O–H groups in total. The number of anilines is 1. The van der Waals surface area contributed by atoms with Crippen LogP contribution in [-0.4, -0.2) is 71.7 Å².